The van der Waals surface area contributed by atoms with E-state index in [0.717, 1.165) is 44.9 Å². The first-order valence-corrected chi connectivity index (χ1v) is 23.1. The van der Waals surface area contributed by atoms with Gasteiger partial charge in [-0.05, 0) is 111 Å². The number of aliphatic hydroxyl groups is 8. The molecule has 7 fully saturated rings. The molecule has 16 nitrogen and oxygen atoms in total. The van der Waals surface area contributed by atoms with Gasteiger partial charge in [-0.25, -0.2) is 0 Å². The van der Waals surface area contributed by atoms with E-state index in [4.69, 9.17) is 28.4 Å². The van der Waals surface area contributed by atoms with Gasteiger partial charge >= 0.3 is 5.97 Å². The number of carboxylic acids is 1. The summed E-state index contributed by atoms with van der Waals surface area (Å²) in [4.78, 5) is 13.1. The molecule has 5 aliphatic carbocycles. The molecule has 354 valence electrons. The number of aliphatic carboxylic acids is 1. The predicted molar refractivity (Wildman–Crippen MR) is 219 cm³/mol. The lowest BCUT2D eigenvalue weighted by Gasteiger charge is -2.71. The Morgan fingerprint density at radius 2 is 1.35 bits per heavy atom. The molecule has 8 aliphatic rings. The van der Waals surface area contributed by atoms with Crippen molar-refractivity contribution in [2.24, 2.45) is 50.2 Å². The standard InChI is InChI=1S/C46H74O16/c1-22-30(50)35(61-37-33(53)31(51)25(48)19-57-37)34(54)38(59-22)62-36-32(52)26(49)20-58-39(36)60-29-11-12-42(4)27(43(29,5)21-47)10-13-45(7)28(42)9-8-23-24-18-41(2,3)14-16-46(24,40(55)56)17-15-44(23,45)6/h8,22,24-39,47-54H,9-21H2,1-7H3,(H,55,56)/t22-,24-,25-,26-,27+,28-,29-,30-,31-,32-,33+,34+,35+,36+,37-,38-,39-,42-,43-,44+,45+,46-/m0/s1. The van der Waals surface area contributed by atoms with Crippen LogP contribution in [0.2, 0.25) is 0 Å². The summed E-state index contributed by atoms with van der Waals surface area (Å²) in [5.41, 5.74) is -0.519. The van der Waals surface area contributed by atoms with Gasteiger partial charge in [0, 0.05) is 5.41 Å². The van der Waals surface area contributed by atoms with E-state index in [2.05, 4.69) is 47.6 Å². The first-order chi connectivity index (χ1) is 29.0. The Hall–Kier alpha value is -1.35. The van der Waals surface area contributed by atoms with Crippen molar-refractivity contribution in [1.29, 1.82) is 0 Å². The Kier molecular flexibility index (Phi) is 12.5. The van der Waals surface area contributed by atoms with Crippen LogP contribution in [0.1, 0.15) is 113 Å². The van der Waals surface area contributed by atoms with E-state index < -0.39 is 103 Å². The molecule has 0 spiro atoms. The largest absolute Gasteiger partial charge is 0.481 e. The number of allylic oxidation sites excluding steroid dienone is 2. The van der Waals surface area contributed by atoms with Gasteiger partial charge in [0.05, 0.1) is 37.4 Å². The molecule has 3 saturated heterocycles. The van der Waals surface area contributed by atoms with Crippen LogP contribution >= 0.6 is 0 Å². The quantitative estimate of drug-likeness (QED) is 0.125. The molecule has 0 aromatic rings. The summed E-state index contributed by atoms with van der Waals surface area (Å²) in [7, 11) is 0. The molecule has 3 aliphatic heterocycles. The first kappa shape index (κ1) is 47.2. The van der Waals surface area contributed by atoms with Crippen LogP contribution in [-0.2, 0) is 33.2 Å². The van der Waals surface area contributed by atoms with Gasteiger partial charge in [-0.2, -0.15) is 0 Å². The zero-order valence-electron chi connectivity index (χ0n) is 37.5. The summed E-state index contributed by atoms with van der Waals surface area (Å²) in [6, 6.07) is 0. The van der Waals surface area contributed by atoms with E-state index in [1.807, 2.05) is 0 Å². The van der Waals surface area contributed by atoms with Crippen LogP contribution in [0.3, 0.4) is 0 Å². The maximum absolute atomic E-state index is 13.1. The van der Waals surface area contributed by atoms with Crippen LogP contribution in [-0.4, -0.2) is 158 Å². The van der Waals surface area contributed by atoms with Crippen molar-refractivity contribution in [3.8, 4) is 0 Å². The molecule has 0 aromatic heterocycles. The van der Waals surface area contributed by atoms with Crippen molar-refractivity contribution in [3.05, 3.63) is 11.6 Å². The number of aliphatic hydroxyl groups excluding tert-OH is 8. The lowest BCUT2D eigenvalue weighted by Crippen LogP contribution is -2.67. The number of carbonyl (C=O) groups is 1. The van der Waals surface area contributed by atoms with Gasteiger partial charge in [-0.3, -0.25) is 4.79 Å². The van der Waals surface area contributed by atoms with E-state index in [1.165, 1.54) is 12.5 Å². The fourth-order valence-corrected chi connectivity index (χ4v) is 14.5. The number of fused-ring (bicyclic) bond motifs is 7. The third-order valence-corrected chi connectivity index (χ3v) is 18.7. The topological polar surface area (TPSA) is 255 Å². The highest BCUT2D eigenvalue weighted by atomic mass is 16.8. The van der Waals surface area contributed by atoms with E-state index in [0.29, 0.717) is 19.3 Å². The summed E-state index contributed by atoms with van der Waals surface area (Å²) >= 11 is 0. The van der Waals surface area contributed by atoms with Crippen LogP contribution in [0.25, 0.3) is 0 Å². The number of hydrogen-bond donors (Lipinski definition) is 9. The summed E-state index contributed by atoms with van der Waals surface area (Å²) in [6.45, 7) is 14.5. The summed E-state index contributed by atoms with van der Waals surface area (Å²) < 4.78 is 36.0. The highest BCUT2D eigenvalue weighted by Crippen LogP contribution is 2.76. The Morgan fingerprint density at radius 1 is 0.710 bits per heavy atom. The number of ether oxygens (including phenoxy) is 6. The van der Waals surface area contributed by atoms with Crippen molar-refractivity contribution >= 4 is 5.97 Å². The lowest BCUT2D eigenvalue weighted by atomic mass is 9.33. The molecule has 22 atom stereocenters. The van der Waals surface area contributed by atoms with Gasteiger partial charge in [0.15, 0.2) is 18.9 Å². The second-order valence-corrected chi connectivity index (χ2v) is 22.4. The van der Waals surface area contributed by atoms with E-state index in [1.54, 1.807) is 0 Å². The maximum Gasteiger partial charge on any atom is 0.310 e. The maximum atomic E-state index is 13.1. The second kappa shape index (κ2) is 16.5. The average molecular weight is 883 g/mol. The number of carboxylic acid groups (broad SMARTS) is 1. The Balaban J connectivity index is 1.02. The van der Waals surface area contributed by atoms with Gasteiger partial charge < -0.3 is 74.4 Å². The van der Waals surface area contributed by atoms with Crippen molar-refractivity contribution in [2.75, 3.05) is 19.8 Å². The third kappa shape index (κ3) is 7.19. The molecule has 9 N–H and O–H groups in total. The molecule has 4 saturated carbocycles. The highest BCUT2D eigenvalue weighted by molar-refractivity contribution is 5.76. The molecule has 8 rings (SSSR count). The van der Waals surface area contributed by atoms with Crippen molar-refractivity contribution in [2.45, 2.75) is 199 Å². The molecule has 0 aromatic carbocycles. The molecule has 0 radical (unpaired) electrons. The SMILES string of the molecule is C[C@@H]1O[C@@H](O[C@H]2[C@H](O[C@H]3CC[C@@]4(C)[C@@H](CC[C@]5(C)[C@H]4CC=C4[C@@H]6CC(C)(C)CC[C@]6(C(=O)O)CC[C@]45C)[C@]3(C)CO)OC[C@H](O)[C@@H]2O)[C@H](O)[C@H](O[C@@H]2OC[C@H](O)[C@H](O)[C@H]2O)[C@H]1O. The highest BCUT2D eigenvalue weighted by Gasteiger charge is 2.70. The normalized spacial score (nSPS) is 55.1. The van der Waals surface area contributed by atoms with Crippen LogP contribution in [0.4, 0.5) is 0 Å². The molecule has 62 heavy (non-hydrogen) atoms. The van der Waals surface area contributed by atoms with Crippen LogP contribution in [0.5, 0.6) is 0 Å². The molecule has 16 heteroatoms. The van der Waals surface area contributed by atoms with Crippen molar-refractivity contribution < 1.29 is 79.2 Å². The third-order valence-electron chi connectivity index (χ3n) is 18.7. The fourth-order valence-electron chi connectivity index (χ4n) is 14.5. The van der Waals surface area contributed by atoms with Crippen LogP contribution in [0, 0.1) is 50.2 Å². The monoisotopic (exact) mass is 882 g/mol. The van der Waals surface area contributed by atoms with Crippen LogP contribution in [0.15, 0.2) is 11.6 Å². The van der Waals surface area contributed by atoms with Gasteiger partial charge in [-0.15, -0.1) is 0 Å². The second-order valence-electron chi connectivity index (χ2n) is 22.4. The minimum Gasteiger partial charge on any atom is -0.481 e. The Morgan fingerprint density at radius 3 is 2.03 bits per heavy atom. The van der Waals surface area contributed by atoms with Gasteiger partial charge in [0.25, 0.3) is 0 Å². The number of rotatable bonds is 8. The smallest absolute Gasteiger partial charge is 0.310 e. The fraction of sp³-hybridized carbons (Fsp3) is 0.935. The van der Waals surface area contributed by atoms with Crippen molar-refractivity contribution in [1.82, 2.24) is 0 Å². The van der Waals surface area contributed by atoms with Crippen molar-refractivity contribution in [3.63, 3.8) is 0 Å². The zero-order valence-corrected chi connectivity index (χ0v) is 37.5. The first-order valence-electron chi connectivity index (χ1n) is 23.1. The molecule has 0 amide bonds. The minimum atomic E-state index is -1.73. The predicted octanol–water partition coefficient (Wildman–Crippen LogP) is 1.98. The van der Waals surface area contributed by atoms with Gasteiger partial charge in [-0.1, -0.05) is 53.2 Å². The number of hydrogen-bond acceptors (Lipinski definition) is 15. The molecule has 0 bridgehead atoms. The Bertz CT molecular complexity index is 1690. The summed E-state index contributed by atoms with van der Waals surface area (Å²) in [5, 5.41) is 97.4. The van der Waals surface area contributed by atoms with Gasteiger partial charge in [0.2, 0.25) is 0 Å². The summed E-state index contributed by atoms with van der Waals surface area (Å²) in [6.07, 6.45) is -9.19. The molecule has 3 heterocycles. The van der Waals surface area contributed by atoms with E-state index in [-0.39, 0.29) is 59.2 Å². The average Bonchev–Trinajstić information content (AvgIpc) is 3.21. The van der Waals surface area contributed by atoms with Crippen LogP contribution < -0.4 is 0 Å². The lowest BCUT2D eigenvalue weighted by molar-refractivity contribution is -0.379. The molecular weight excluding hydrogens is 808 g/mol. The minimum absolute atomic E-state index is 0.00631. The van der Waals surface area contributed by atoms with E-state index in [9.17, 15) is 50.8 Å². The Labute approximate surface area is 364 Å². The van der Waals surface area contributed by atoms with Gasteiger partial charge in [0.1, 0.15) is 54.9 Å². The zero-order chi connectivity index (χ0) is 45.1. The van der Waals surface area contributed by atoms with E-state index >= 15 is 0 Å². The summed E-state index contributed by atoms with van der Waals surface area (Å²) in [5.74, 6) is -0.342. The molecule has 0 unspecified atom stereocenters. The molecular formula is C46H74O16.